The van der Waals surface area contributed by atoms with Crippen molar-refractivity contribution in [3.63, 3.8) is 0 Å². The number of rotatable bonds is 1. The molecule has 0 saturated heterocycles. The number of allylic oxidation sites excluding steroid dienone is 2. The Morgan fingerprint density at radius 1 is 0.788 bits per heavy atom. The quantitative estimate of drug-likeness (QED) is 0.415. The molecule has 4 fully saturated rings. The van der Waals surface area contributed by atoms with Crippen molar-refractivity contribution < 1.29 is 15.3 Å². The van der Waals surface area contributed by atoms with E-state index in [4.69, 9.17) is 0 Å². The van der Waals surface area contributed by atoms with E-state index >= 15 is 0 Å². The minimum atomic E-state index is -0.392. The van der Waals surface area contributed by atoms with Crippen LogP contribution in [0.1, 0.15) is 106 Å². The fraction of sp³-hybridized carbons (Fsp3) is 0.933. The maximum Gasteiger partial charge on any atom is 0.0618 e. The fourth-order valence-corrected chi connectivity index (χ4v) is 10.7. The predicted molar refractivity (Wildman–Crippen MR) is 134 cm³/mol. The van der Waals surface area contributed by atoms with E-state index in [-0.39, 0.29) is 45.2 Å². The van der Waals surface area contributed by atoms with Crippen molar-refractivity contribution in [2.45, 2.75) is 118 Å². The molecule has 5 aliphatic rings. The zero-order chi connectivity index (χ0) is 24.2. The Kier molecular flexibility index (Phi) is 5.23. The minimum Gasteiger partial charge on any atom is -0.396 e. The number of aliphatic hydroxyl groups excluding tert-OH is 3. The van der Waals surface area contributed by atoms with Crippen molar-refractivity contribution in [3.8, 4) is 0 Å². The highest BCUT2D eigenvalue weighted by atomic mass is 16.3. The first-order chi connectivity index (χ1) is 15.2. The molecule has 3 nitrogen and oxygen atoms in total. The minimum absolute atomic E-state index is 0.00950. The third-order valence-corrected chi connectivity index (χ3v) is 13.2. The maximum atomic E-state index is 11.3. The Labute approximate surface area is 202 Å². The van der Waals surface area contributed by atoms with Crippen LogP contribution in [0.5, 0.6) is 0 Å². The largest absolute Gasteiger partial charge is 0.396 e. The molecule has 5 aliphatic carbocycles. The highest BCUT2D eigenvalue weighted by molar-refractivity contribution is 5.34. The molecule has 0 amide bonds. The van der Waals surface area contributed by atoms with Crippen molar-refractivity contribution >= 4 is 0 Å². The Balaban J connectivity index is 1.58. The van der Waals surface area contributed by atoms with Gasteiger partial charge >= 0.3 is 0 Å². The zero-order valence-electron chi connectivity index (χ0n) is 22.4. The van der Waals surface area contributed by atoms with Crippen LogP contribution in [0.15, 0.2) is 11.6 Å². The zero-order valence-corrected chi connectivity index (χ0v) is 22.4. The summed E-state index contributed by atoms with van der Waals surface area (Å²) in [6.07, 6.45) is 11.7. The molecule has 8 unspecified atom stereocenters. The summed E-state index contributed by atoms with van der Waals surface area (Å²) in [5.41, 5.74) is 2.04. The van der Waals surface area contributed by atoms with E-state index in [9.17, 15) is 15.3 Å². The van der Waals surface area contributed by atoms with E-state index in [1.54, 1.807) is 5.57 Å². The van der Waals surface area contributed by atoms with Gasteiger partial charge in [-0.2, -0.15) is 0 Å². The molecule has 0 aromatic carbocycles. The Morgan fingerprint density at radius 3 is 2.15 bits per heavy atom. The summed E-state index contributed by atoms with van der Waals surface area (Å²) in [5.74, 6) is 1.44. The molecule has 188 valence electrons. The van der Waals surface area contributed by atoms with Gasteiger partial charge in [0, 0.05) is 10.8 Å². The smallest absolute Gasteiger partial charge is 0.0618 e. The third kappa shape index (κ3) is 2.91. The molecule has 0 bridgehead atoms. The number of hydrogen-bond acceptors (Lipinski definition) is 3. The van der Waals surface area contributed by atoms with Gasteiger partial charge in [0.25, 0.3) is 0 Å². The molecule has 33 heavy (non-hydrogen) atoms. The van der Waals surface area contributed by atoms with Crippen LogP contribution in [0, 0.1) is 50.2 Å². The van der Waals surface area contributed by atoms with Gasteiger partial charge in [-0.05, 0) is 97.2 Å². The normalized spacial score (nSPS) is 57.8. The summed E-state index contributed by atoms with van der Waals surface area (Å²) in [6, 6.07) is 0. The highest BCUT2D eigenvalue weighted by Crippen LogP contribution is 2.75. The summed E-state index contributed by atoms with van der Waals surface area (Å²) in [4.78, 5) is 0. The molecule has 4 saturated carbocycles. The van der Waals surface area contributed by atoms with Crippen LogP contribution >= 0.6 is 0 Å². The second-order valence-corrected chi connectivity index (χ2v) is 15.2. The van der Waals surface area contributed by atoms with Crippen LogP contribution in [0.2, 0.25) is 0 Å². The standard InChI is InChI=1S/C30H50O3/c1-25(2)16-20-19-8-9-22-27(4)12-11-23(32)28(5,18-31)21(27)10-13-30(22,7)29(19,6)15-14-26(20,3)24(33)17-25/h8,20-24,31-33H,9-18H2,1-7H3/t20?,21?,22?,23?,24?,26?,27?,28-,29-,30?/m1/s1. The first kappa shape index (κ1) is 24.3. The third-order valence-electron chi connectivity index (χ3n) is 13.2. The van der Waals surface area contributed by atoms with Crippen molar-refractivity contribution in [2.24, 2.45) is 50.2 Å². The molecular weight excluding hydrogens is 408 g/mol. The Bertz CT molecular complexity index is 847. The second kappa shape index (κ2) is 7.10. The lowest BCUT2D eigenvalue weighted by Gasteiger charge is -2.71. The van der Waals surface area contributed by atoms with Crippen molar-refractivity contribution in [1.29, 1.82) is 0 Å². The topological polar surface area (TPSA) is 60.7 Å². The summed E-state index contributed by atoms with van der Waals surface area (Å²) in [7, 11) is 0. The van der Waals surface area contributed by atoms with Gasteiger partial charge in [0.15, 0.2) is 0 Å². The lowest BCUT2D eigenvalue weighted by molar-refractivity contribution is -0.218. The number of fused-ring (bicyclic) bond motifs is 7. The molecule has 3 N–H and O–H groups in total. The van der Waals surface area contributed by atoms with Crippen molar-refractivity contribution in [2.75, 3.05) is 6.61 Å². The number of aliphatic hydroxyl groups is 3. The molecule has 0 aromatic heterocycles. The molecule has 10 atom stereocenters. The molecular formula is C30H50O3. The predicted octanol–water partition coefficient (Wildman–Crippen LogP) is 6.11. The second-order valence-electron chi connectivity index (χ2n) is 15.2. The average molecular weight is 459 g/mol. The van der Waals surface area contributed by atoms with E-state index in [0.717, 1.165) is 38.5 Å². The summed E-state index contributed by atoms with van der Waals surface area (Å²) in [5, 5.41) is 32.6. The molecule has 0 spiro atoms. The van der Waals surface area contributed by atoms with Gasteiger partial charge in [-0.1, -0.05) is 60.1 Å². The SMILES string of the molecule is CC1(C)CC(O)C2(C)CC[C@]3(C)C(=CCC4C5(C)CCC(O)[C@](C)(CO)C5CCC43C)C2C1. The van der Waals surface area contributed by atoms with E-state index in [2.05, 4.69) is 54.5 Å². The average Bonchev–Trinajstić information content (AvgIpc) is 2.73. The highest BCUT2D eigenvalue weighted by Gasteiger charge is 2.69. The Hall–Kier alpha value is -0.380. The summed E-state index contributed by atoms with van der Waals surface area (Å²) >= 11 is 0. The van der Waals surface area contributed by atoms with Gasteiger partial charge < -0.3 is 15.3 Å². The van der Waals surface area contributed by atoms with Gasteiger partial charge in [0.1, 0.15) is 0 Å². The van der Waals surface area contributed by atoms with Crippen LogP contribution in [0.25, 0.3) is 0 Å². The maximum absolute atomic E-state index is 11.3. The van der Waals surface area contributed by atoms with Crippen LogP contribution < -0.4 is 0 Å². The van der Waals surface area contributed by atoms with E-state index < -0.39 is 6.10 Å². The van der Waals surface area contributed by atoms with Crippen LogP contribution in [0.4, 0.5) is 0 Å². The van der Waals surface area contributed by atoms with Crippen LogP contribution in [0.3, 0.4) is 0 Å². The van der Waals surface area contributed by atoms with E-state index in [1.165, 1.54) is 19.3 Å². The molecule has 0 radical (unpaired) electrons. The van der Waals surface area contributed by atoms with Gasteiger partial charge in [0.05, 0.1) is 18.8 Å². The molecule has 0 aliphatic heterocycles. The number of hydrogen-bond donors (Lipinski definition) is 3. The van der Waals surface area contributed by atoms with Gasteiger partial charge in [0.2, 0.25) is 0 Å². The monoisotopic (exact) mass is 458 g/mol. The molecule has 5 rings (SSSR count). The van der Waals surface area contributed by atoms with Gasteiger partial charge in [-0.25, -0.2) is 0 Å². The molecule has 0 heterocycles. The van der Waals surface area contributed by atoms with Gasteiger partial charge in [-0.15, -0.1) is 0 Å². The first-order valence-electron chi connectivity index (χ1n) is 13.9. The summed E-state index contributed by atoms with van der Waals surface area (Å²) < 4.78 is 0. The Morgan fingerprint density at radius 2 is 1.48 bits per heavy atom. The fourth-order valence-electron chi connectivity index (χ4n) is 10.7. The van der Waals surface area contributed by atoms with E-state index in [1.807, 2.05) is 0 Å². The van der Waals surface area contributed by atoms with Crippen LogP contribution in [-0.4, -0.2) is 34.1 Å². The molecule has 0 aromatic rings. The van der Waals surface area contributed by atoms with Gasteiger partial charge in [-0.3, -0.25) is 0 Å². The van der Waals surface area contributed by atoms with Crippen molar-refractivity contribution in [1.82, 2.24) is 0 Å². The lowest BCUT2D eigenvalue weighted by Crippen LogP contribution is -2.66. The first-order valence-corrected chi connectivity index (χ1v) is 13.9. The summed E-state index contributed by atoms with van der Waals surface area (Å²) in [6.45, 7) is 17.0. The van der Waals surface area contributed by atoms with Crippen molar-refractivity contribution in [3.05, 3.63) is 11.6 Å². The molecule has 3 heteroatoms. The lowest BCUT2D eigenvalue weighted by atomic mass is 9.33. The van der Waals surface area contributed by atoms with Crippen LogP contribution in [-0.2, 0) is 0 Å². The van der Waals surface area contributed by atoms with E-state index in [0.29, 0.717) is 17.8 Å².